The van der Waals surface area contributed by atoms with Crippen LogP contribution in [0.15, 0.2) is 0 Å². The predicted molar refractivity (Wildman–Crippen MR) is 67.8 cm³/mol. The third-order valence-corrected chi connectivity index (χ3v) is 4.14. The highest BCUT2D eigenvalue weighted by Crippen LogP contribution is 2.11. The Balaban J connectivity index is 2.12. The molecule has 0 radical (unpaired) electrons. The summed E-state index contributed by atoms with van der Waals surface area (Å²) in [6.45, 7) is 9.24. The molecule has 1 amide bonds. The van der Waals surface area contributed by atoms with E-state index >= 15 is 0 Å². The quantitative estimate of drug-likeness (QED) is 0.764. The molecular formula is C11H21BrN2O2. The number of hydrogen-bond donors (Lipinski definition) is 1. The largest absolute Gasteiger partial charge is 0.379 e. The molecule has 0 aliphatic carbocycles. The molecule has 0 saturated carbocycles. The molecule has 16 heavy (non-hydrogen) atoms. The number of rotatable bonds is 5. The SMILES string of the molecule is CC(C)C(Br)C(=O)NCCN1CCOCC1. The Morgan fingerprint density at radius 3 is 2.62 bits per heavy atom. The van der Waals surface area contributed by atoms with Crippen molar-refractivity contribution in [2.45, 2.75) is 18.7 Å². The summed E-state index contributed by atoms with van der Waals surface area (Å²) in [4.78, 5) is 13.8. The van der Waals surface area contributed by atoms with Crippen molar-refractivity contribution in [3.8, 4) is 0 Å². The third-order valence-electron chi connectivity index (χ3n) is 2.67. The minimum absolute atomic E-state index is 0.0859. The van der Waals surface area contributed by atoms with Gasteiger partial charge in [-0.3, -0.25) is 9.69 Å². The van der Waals surface area contributed by atoms with E-state index in [1.54, 1.807) is 0 Å². The molecule has 1 unspecified atom stereocenters. The van der Waals surface area contributed by atoms with Crippen LogP contribution in [0.4, 0.5) is 0 Å². The van der Waals surface area contributed by atoms with Gasteiger partial charge in [0.1, 0.15) is 0 Å². The topological polar surface area (TPSA) is 41.6 Å². The van der Waals surface area contributed by atoms with Gasteiger partial charge in [0.05, 0.1) is 18.0 Å². The Morgan fingerprint density at radius 2 is 2.06 bits per heavy atom. The van der Waals surface area contributed by atoms with Gasteiger partial charge in [-0.05, 0) is 5.92 Å². The van der Waals surface area contributed by atoms with Crippen LogP contribution in [0.1, 0.15) is 13.8 Å². The summed E-state index contributed by atoms with van der Waals surface area (Å²) in [5.74, 6) is 0.409. The zero-order valence-electron chi connectivity index (χ0n) is 10.0. The molecule has 1 saturated heterocycles. The fraction of sp³-hybridized carbons (Fsp3) is 0.909. The first-order valence-electron chi connectivity index (χ1n) is 5.83. The Kier molecular flexibility index (Phi) is 6.31. The molecule has 0 aromatic rings. The van der Waals surface area contributed by atoms with Crippen LogP contribution >= 0.6 is 15.9 Å². The smallest absolute Gasteiger partial charge is 0.234 e. The van der Waals surface area contributed by atoms with Gasteiger partial charge in [0, 0.05) is 26.2 Å². The van der Waals surface area contributed by atoms with E-state index in [1.807, 2.05) is 13.8 Å². The summed E-state index contributed by atoms with van der Waals surface area (Å²) >= 11 is 3.39. The van der Waals surface area contributed by atoms with Crippen molar-refractivity contribution in [1.82, 2.24) is 10.2 Å². The van der Waals surface area contributed by atoms with Gasteiger partial charge in [0.2, 0.25) is 5.91 Å². The highest BCUT2D eigenvalue weighted by molar-refractivity contribution is 9.10. The molecule has 1 heterocycles. The van der Waals surface area contributed by atoms with Crippen LogP contribution in [0.25, 0.3) is 0 Å². The van der Waals surface area contributed by atoms with E-state index in [0.29, 0.717) is 12.5 Å². The molecule has 1 atom stereocenters. The standard InChI is InChI=1S/C11H21BrN2O2/c1-9(2)10(12)11(15)13-3-4-14-5-7-16-8-6-14/h9-10H,3-8H2,1-2H3,(H,13,15). The first-order chi connectivity index (χ1) is 7.61. The fourth-order valence-corrected chi connectivity index (χ4v) is 1.72. The number of nitrogens with one attached hydrogen (secondary N) is 1. The van der Waals surface area contributed by atoms with E-state index in [4.69, 9.17) is 4.74 Å². The van der Waals surface area contributed by atoms with Crippen LogP contribution in [-0.2, 0) is 9.53 Å². The number of ether oxygens (including phenoxy) is 1. The first kappa shape index (κ1) is 13.9. The van der Waals surface area contributed by atoms with E-state index in [2.05, 4.69) is 26.1 Å². The van der Waals surface area contributed by atoms with Crippen molar-refractivity contribution < 1.29 is 9.53 Å². The summed E-state index contributed by atoms with van der Waals surface area (Å²) in [5, 5.41) is 2.94. The van der Waals surface area contributed by atoms with Crippen LogP contribution in [0.3, 0.4) is 0 Å². The monoisotopic (exact) mass is 292 g/mol. The van der Waals surface area contributed by atoms with Crippen molar-refractivity contribution in [3.63, 3.8) is 0 Å². The molecule has 0 spiro atoms. The number of morpholine rings is 1. The summed E-state index contributed by atoms with van der Waals surface area (Å²) in [6, 6.07) is 0. The van der Waals surface area contributed by atoms with Gasteiger partial charge < -0.3 is 10.1 Å². The summed E-state index contributed by atoms with van der Waals surface area (Å²) in [5.41, 5.74) is 0. The lowest BCUT2D eigenvalue weighted by Crippen LogP contribution is -2.43. The first-order valence-corrected chi connectivity index (χ1v) is 6.74. The van der Waals surface area contributed by atoms with Crippen molar-refractivity contribution in [3.05, 3.63) is 0 Å². The number of carbonyl (C=O) groups is 1. The van der Waals surface area contributed by atoms with Crippen LogP contribution in [0.5, 0.6) is 0 Å². The average molecular weight is 293 g/mol. The lowest BCUT2D eigenvalue weighted by molar-refractivity contribution is -0.121. The molecular weight excluding hydrogens is 272 g/mol. The number of carbonyl (C=O) groups excluding carboxylic acids is 1. The maximum Gasteiger partial charge on any atom is 0.234 e. The van der Waals surface area contributed by atoms with Crippen LogP contribution < -0.4 is 5.32 Å². The second kappa shape index (κ2) is 7.25. The van der Waals surface area contributed by atoms with Gasteiger partial charge in [-0.15, -0.1) is 0 Å². The van der Waals surface area contributed by atoms with Crippen LogP contribution in [0.2, 0.25) is 0 Å². The molecule has 1 fully saturated rings. The molecule has 0 aromatic heterocycles. The maximum atomic E-state index is 11.6. The second-order valence-electron chi connectivity index (χ2n) is 4.39. The van der Waals surface area contributed by atoms with Gasteiger partial charge in [0.15, 0.2) is 0 Å². The molecule has 0 aromatic carbocycles. The Hall–Kier alpha value is -0.130. The third kappa shape index (κ3) is 4.80. The van der Waals surface area contributed by atoms with Gasteiger partial charge >= 0.3 is 0 Å². The van der Waals surface area contributed by atoms with Crippen molar-refractivity contribution in [1.29, 1.82) is 0 Å². The van der Waals surface area contributed by atoms with E-state index < -0.39 is 0 Å². The Bertz CT molecular complexity index is 218. The van der Waals surface area contributed by atoms with Crippen molar-refractivity contribution in [2.75, 3.05) is 39.4 Å². The van der Waals surface area contributed by atoms with E-state index in [9.17, 15) is 4.79 Å². The fourth-order valence-electron chi connectivity index (χ4n) is 1.56. The highest BCUT2D eigenvalue weighted by atomic mass is 79.9. The van der Waals surface area contributed by atoms with Gasteiger partial charge in [-0.1, -0.05) is 29.8 Å². The van der Waals surface area contributed by atoms with Crippen LogP contribution in [-0.4, -0.2) is 55.0 Å². The van der Waals surface area contributed by atoms with E-state index in [1.165, 1.54) is 0 Å². The van der Waals surface area contributed by atoms with Crippen LogP contribution in [0, 0.1) is 5.92 Å². The normalized spacial score (nSPS) is 19.8. The molecule has 1 N–H and O–H groups in total. The number of halogens is 1. The maximum absolute atomic E-state index is 11.6. The van der Waals surface area contributed by atoms with Gasteiger partial charge in [-0.25, -0.2) is 0 Å². The second-order valence-corrected chi connectivity index (χ2v) is 5.38. The van der Waals surface area contributed by atoms with Gasteiger partial charge in [-0.2, -0.15) is 0 Å². The van der Waals surface area contributed by atoms with E-state index in [-0.39, 0.29) is 10.7 Å². The van der Waals surface area contributed by atoms with Gasteiger partial charge in [0.25, 0.3) is 0 Å². The summed E-state index contributed by atoms with van der Waals surface area (Å²) < 4.78 is 5.26. The minimum Gasteiger partial charge on any atom is -0.379 e. The van der Waals surface area contributed by atoms with Crippen molar-refractivity contribution >= 4 is 21.8 Å². The predicted octanol–water partition coefficient (Wildman–Crippen LogP) is 0.854. The minimum atomic E-state index is -0.0859. The van der Waals surface area contributed by atoms with Crippen molar-refractivity contribution in [2.24, 2.45) is 5.92 Å². The lowest BCUT2D eigenvalue weighted by Gasteiger charge is -2.26. The zero-order valence-corrected chi connectivity index (χ0v) is 11.6. The molecule has 5 heteroatoms. The molecule has 4 nitrogen and oxygen atoms in total. The van der Waals surface area contributed by atoms with E-state index in [0.717, 1.165) is 32.8 Å². The number of amides is 1. The Labute approximate surface area is 106 Å². The number of hydrogen-bond acceptors (Lipinski definition) is 3. The summed E-state index contributed by atoms with van der Waals surface area (Å²) in [6.07, 6.45) is 0. The average Bonchev–Trinajstić information content (AvgIpc) is 2.29. The molecule has 0 bridgehead atoms. The zero-order chi connectivity index (χ0) is 12.0. The Morgan fingerprint density at radius 1 is 1.44 bits per heavy atom. The number of alkyl halides is 1. The molecule has 94 valence electrons. The molecule has 1 aliphatic rings. The lowest BCUT2D eigenvalue weighted by atomic mass is 10.1. The summed E-state index contributed by atoms with van der Waals surface area (Å²) in [7, 11) is 0. The molecule has 1 rings (SSSR count). The molecule has 1 aliphatic heterocycles. The number of nitrogens with zero attached hydrogens (tertiary/aromatic N) is 1. The highest BCUT2D eigenvalue weighted by Gasteiger charge is 2.18.